The van der Waals surface area contributed by atoms with Gasteiger partial charge in [-0.15, -0.1) is 0 Å². The van der Waals surface area contributed by atoms with E-state index in [2.05, 4.69) is 60.7 Å². The van der Waals surface area contributed by atoms with E-state index in [0.717, 1.165) is 48.3 Å². The smallest absolute Gasteiger partial charge is 0.150 e. The number of carbonyl (C=O) groups excluding carboxylic acids is 1. The standard InChI is InChI=1S/C28H28FO2P/c1-31-28-23(15-21-10-6-3-7-11-21)16-22(14-20-8-4-2-5-9-20)17-27(28)32-26-13-12-25(29)18-24(26)19-30/h2-8,10,12-13,16-21,32H,9,11,14-15H2,1H3. The zero-order valence-electron chi connectivity index (χ0n) is 18.3. The molecule has 0 aromatic heterocycles. The van der Waals surface area contributed by atoms with Crippen molar-refractivity contribution in [3.05, 3.63) is 101 Å². The summed E-state index contributed by atoms with van der Waals surface area (Å²) in [7, 11) is 1.93. The van der Waals surface area contributed by atoms with Crippen LogP contribution in [-0.2, 0) is 12.8 Å². The Bertz CT molecular complexity index is 1100. The van der Waals surface area contributed by atoms with Gasteiger partial charge in [0.1, 0.15) is 11.6 Å². The molecule has 164 valence electrons. The molecule has 3 atom stereocenters. The Morgan fingerprint density at radius 3 is 2.31 bits per heavy atom. The molecule has 0 radical (unpaired) electrons. The number of rotatable bonds is 8. The zero-order chi connectivity index (χ0) is 22.3. The van der Waals surface area contributed by atoms with Gasteiger partial charge in [0.15, 0.2) is 6.29 Å². The number of allylic oxidation sites excluding steroid dienone is 8. The molecule has 2 aromatic rings. The minimum Gasteiger partial charge on any atom is -0.496 e. The summed E-state index contributed by atoms with van der Waals surface area (Å²) < 4.78 is 19.6. The van der Waals surface area contributed by atoms with Gasteiger partial charge < -0.3 is 4.74 Å². The first-order valence-corrected chi connectivity index (χ1v) is 12.0. The molecule has 3 unspecified atom stereocenters. The van der Waals surface area contributed by atoms with E-state index in [1.165, 1.54) is 23.3 Å². The average molecular weight is 447 g/mol. The van der Waals surface area contributed by atoms with Crippen molar-refractivity contribution in [1.29, 1.82) is 0 Å². The summed E-state index contributed by atoms with van der Waals surface area (Å²) in [4.78, 5) is 11.6. The molecule has 2 aliphatic rings. The fraction of sp³-hybridized carbons (Fsp3) is 0.250. The van der Waals surface area contributed by atoms with Crippen molar-refractivity contribution in [2.24, 2.45) is 11.8 Å². The highest BCUT2D eigenvalue weighted by Crippen LogP contribution is 2.31. The molecule has 0 heterocycles. The van der Waals surface area contributed by atoms with E-state index in [1.54, 1.807) is 13.2 Å². The summed E-state index contributed by atoms with van der Waals surface area (Å²) in [6, 6.07) is 8.94. The molecule has 2 nitrogen and oxygen atoms in total. The predicted molar refractivity (Wildman–Crippen MR) is 133 cm³/mol. The number of carbonyl (C=O) groups is 1. The van der Waals surface area contributed by atoms with Crippen molar-refractivity contribution in [2.45, 2.75) is 25.7 Å². The molecule has 4 rings (SSSR count). The van der Waals surface area contributed by atoms with Gasteiger partial charge >= 0.3 is 0 Å². The molecular formula is C28H28FO2P. The predicted octanol–water partition coefficient (Wildman–Crippen LogP) is 5.63. The van der Waals surface area contributed by atoms with Crippen LogP contribution in [0.25, 0.3) is 0 Å². The van der Waals surface area contributed by atoms with Crippen LogP contribution in [0.1, 0.15) is 34.3 Å². The van der Waals surface area contributed by atoms with E-state index < -0.39 is 5.82 Å². The second-order valence-electron chi connectivity index (χ2n) is 8.34. The molecule has 0 N–H and O–H groups in total. The number of methoxy groups -OCH3 is 1. The monoisotopic (exact) mass is 446 g/mol. The molecule has 0 saturated carbocycles. The van der Waals surface area contributed by atoms with Crippen molar-refractivity contribution in [1.82, 2.24) is 0 Å². The number of benzene rings is 2. The second-order valence-corrected chi connectivity index (χ2v) is 9.66. The van der Waals surface area contributed by atoms with E-state index in [-0.39, 0.29) is 8.58 Å². The molecule has 4 heteroatoms. The van der Waals surface area contributed by atoms with Crippen LogP contribution >= 0.6 is 8.58 Å². The Kier molecular flexibility index (Phi) is 7.50. The summed E-state index contributed by atoms with van der Waals surface area (Å²) in [5, 5.41) is 1.91. The first-order chi connectivity index (χ1) is 15.7. The van der Waals surface area contributed by atoms with Crippen LogP contribution in [0.4, 0.5) is 4.39 Å². The maximum Gasteiger partial charge on any atom is 0.150 e. The zero-order valence-corrected chi connectivity index (χ0v) is 19.3. The van der Waals surface area contributed by atoms with Crippen molar-refractivity contribution < 1.29 is 13.9 Å². The summed E-state index contributed by atoms with van der Waals surface area (Å²) in [5.74, 6) is 1.41. The highest BCUT2D eigenvalue weighted by molar-refractivity contribution is 7.56. The Balaban J connectivity index is 1.71. The number of aldehydes is 1. The van der Waals surface area contributed by atoms with Gasteiger partial charge in [0.2, 0.25) is 0 Å². The normalized spacial score (nSPS) is 19.7. The average Bonchev–Trinajstić information content (AvgIpc) is 2.81. The molecule has 0 bridgehead atoms. The molecule has 0 spiro atoms. The van der Waals surface area contributed by atoms with E-state index >= 15 is 0 Å². The maximum atomic E-state index is 13.7. The van der Waals surface area contributed by atoms with Gasteiger partial charge in [-0.2, -0.15) is 0 Å². The molecule has 2 aromatic carbocycles. The Morgan fingerprint density at radius 2 is 1.69 bits per heavy atom. The first-order valence-electron chi connectivity index (χ1n) is 11.0. The summed E-state index contributed by atoms with van der Waals surface area (Å²) in [5.41, 5.74) is 2.87. The number of ether oxygens (including phenoxy) is 1. The van der Waals surface area contributed by atoms with Gasteiger partial charge in [0.05, 0.1) is 7.11 Å². The molecule has 0 aliphatic heterocycles. The van der Waals surface area contributed by atoms with E-state index in [0.29, 0.717) is 17.4 Å². The van der Waals surface area contributed by atoms with E-state index in [9.17, 15) is 9.18 Å². The highest BCUT2D eigenvalue weighted by Gasteiger charge is 2.18. The van der Waals surface area contributed by atoms with E-state index in [4.69, 9.17) is 4.74 Å². The molecule has 2 aliphatic carbocycles. The third-order valence-corrected chi connectivity index (χ3v) is 7.32. The fourth-order valence-corrected chi connectivity index (χ4v) is 5.77. The van der Waals surface area contributed by atoms with Gasteiger partial charge in [-0.3, -0.25) is 4.79 Å². The number of hydrogen-bond acceptors (Lipinski definition) is 2. The third-order valence-electron chi connectivity index (χ3n) is 5.96. The molecular weight excluding hydrogens is 418 g/mol. The van der Waals surface area contributed by atoms with E-state index in [1.807, 2.05) is 0 Å². The number of halogens is 1. The minimum absolute atomic E-state index is 0.215. The van der Waals surface area contributed by atoms with Gasteiger partial charge in [-0.1, -0.05) is 69.3 Å². The summed E-state index contributed by atoms with van der Waals surface area (Å²) >= 11 is 0. The Labute approximate surface area is 191 Å². The molecule has 32 heavy (non-hydrogen) atoms. The third kappa shape index (κ3) is 5.53. The van der Waals surface area contributed by atoms with Crippen molar-refractivity contribution >= 4 is 25.5 Å². The van der Waals surface area contributed by atoms with Crippen LogP contribution in [0.5, 0.6) is 5.75 Å². The molecule has 0 fully saturated rings. The van der Waals surface area contributed by atoms with Crippen molar-refractivity contribution in [2.75, 3.05) is 7.11 Å². The lowest BCUT2D eigenvalue weighted by atomic mass is 9.89. The van der Waals surface area contributed by atoms with Crippen LogP contribution in [0.15, 0.2) is 78.9 Å². The minimum atomic E-state index is -0.392. The first kappa shape index (κ1) is 22.4. The quantitative estimate of drug-likeness (QED) is 0.388. The number of hydrogen-bond donors (Lipinski definition) is 0. The lowest BCUT2D eigenvalue weighted by Gasteiger charge is -2.21. The summed E-state index contributed by atoms with van der Waals surface area (Å²) in [6.45, 7) is 0. The maximum absolute atomic E-state index is 13.7. The van der Waals surface area contributed by atoms with Crippen LogP contribution in [0.3, 0.4) is 0 Å². The SMILES string of the molecule is COc1c(CC2C=CC=CC2)cc(CC2C=CC=CC2)cc1Pc1ccc(F)cc1C=O. The van der Waals surface area contributed by atoms with Gasteiger partial charge in [0.25, 0.3) is 0 Å². The largest absolute Gasteiger partial charge is 0.496 e. The van der Waals surface area contributed by atoms with Gasteiger partial charge in [-0.05, 0) is 72.1 Å². The summed E-state index contributed by atoms with van der Waals surface area (Å²) in [6.07, 6.45) is 22.0. The van der Waals surface area contributed by atoms with Crippen molar-refractivity contribution in [3.63, 3.8) is 0 Å². The Hall–Kier alpha value is -2.77. The second kappa shape index (κ2) is 10.7. The molecule has 0 saturated heterocycles. The van der Waals surface area contributed by atoms with Crippen LogP contribution in [0, 0.1) is 17.7 Å². The van der Waals surface area contributed by atoms with Crippen LogP contribution in [-0.4, -0.2) is 13.4 Å². The Morgan fingerprint density at radius 1 is 0.969 bits per heavy atom. The van der Waals surface area contributed by atoms with Gasteiger partial charge in [-0.25, -0.2) is 4.39 Å². The van der Waals surface area contributed by atoms with Crippen LogP contribution in [0.2, 0.25) is 0 Å². The lowest BCUT2D eigenvalue weighted by molar-refractivity contribution is 0.112. The van der Waals surface area contributed by atoms with Crippen molar-refractivity contribution in [3.8, 4) is 5.75 Å². The molecule has 0 amide bonds. The van der Waals surface area contributed by atoms with Crippen LogP contribution < -0.4 is 15.3 Å². The lowest BCUT2D eigenvalue weighted by Crippen LogP contribution is -2.16. The topological polar surface area (TPSA) is 26.3 Å². The fourth-order valence-electron chi connectivity index (χ4n) is 4.40. The van der Waals surface area contributed by atoms with Gasteiger partial charge in [0, 0.05) is 10.9 Å². The highest BCUT2D eigenvalue weighted by atomic mass is 31.1.